The van der Waals surface area contributed by atoms with E-state index < -0.39 is 29.3 Å². The van der Waals surface area contributed by atoms with Gasteiger partial charge in [-0.05, 0) is 49.7 Å². The number of nitrogens with one attached hydrogen (secondary N) is 1. The van der Waals surface area contributed by atoms with Gasteiger partial charge in [0.2, 0.25) is 5.91 Å². The van der Waals surface area contributed by atoms with Crippen LogP contribution in [-0.2, 0) is 16.0 Å². The topological polar surface area (TPSA) is 82.5 Å². The first-order valence-corrected chi connectivity index (χ1v) is 11.9. The summed E-state index contributed by atoms with van der Waals surface area (Å²) in [5.41, 5.74) is 1.10. The van der Waals surface area contributed by atoms with E-state index in [1.54, 1.807) is 55.6 Å². The monoisotopic (exact) mass is 489 g/mol. The van der Waals surface area contributed by atoms with Crippen LogP contribution in [0.4, 0.5) is 5.69 Å². The third-order valence-electron chi connectivity index (χ3n) is 6.81. The van der Waals surface area contributed by atoms with E-state index >= 15 is 0 Å². The number of hydrogen-bond donors (Lipinski definition) is 2. The Bertz CT molecular complexity index is 1230. The van der Waals surface area contributed by atoms with Crippen LogP contribution >= 0.6 is 11.6 Å². The average Bonchev–Trinajstić information content (AvgIpc) is 2.85. The third-order valence-corrected chi connectivity index (χ3v) is 7.16. The second-order valence-electron chi connectivity index (χ2n) is 8.74. The minimum atomic E-state index is -1.83. The largest absolute Gasteiger partial charge is 0.480 e. The van der Waals surface area contributed by atoms with Crippen molar-refractivity contribution in [3.05, 3.63) is 107 Å². The Morgan fingerprint density at radius 3 is 2.40 bits per heavy atom. The summed E-state index contributed by atoms with van der Waals surface area (Å²) >= 11 is 6.55. The Hall–Kier alpha value is -3.64. The van der Waals surface area contributed by atoms with Crippen LogP contribution in [0.15, 0.2) is 90.8 Å². The number of benzene rings is 2. The number of nitrogens with zero attached hydrogens (tertiary/aromatic N) is 2. The summed E-state index contributed by atoms with van der Waals surface area (Å²) in [4.78, 5) is 33.5. The molecule has 2 aromatic carbocycles. The first-order valence-electron chi connectivity index (χ1n) is 11.5. The molecule has 1 aliphatic heterocycles. The van der Waals surface area contributed by atoms with Crippen LogP contribution in [0.1, 0.15) is 31.0 Å². The molecule has 1 aromatic heterocycles. The zero-order chi connectivity index (χ0) is 25.0. The van der Waals surface area contributed by atoms with Crippen molar-refractivity contribution < 1.29 is 14.7 Å². The number of carboxylic acids is 1. The van der Waals surface area contributed by atoms with E-state index in [1.807, 2.05) is 48.2 Å². The Morgan fingerprint density at radius 1 is 1.06 bits per heavy atom. The Balaban J connectivity index is 1.81. The predicted molar refractivity (Wildman–Crippen MR) is 137 cm³/mol. The van der Waals surface area contributed by atoms with Crippen molar-refractivity contribution in [2.45, 2.75) is 32.2 Å². The molecule has 2 N–H and O–H groups in total. The van der Waals surface area contributed by atoms with Gasteiger partial charge in [0.25, 0.3) is 0 Å². The van der Waals surface area contributed by atoms with Gasteiger partial charge in [0.15, 0.2) is 5.41 Å². The minimum Gasteiger partial charge on any atom is -0.480 e. The van der Waals surface area contributed by atoms with E-state index in [0.717, 1.165) is 11.4 Å². The van der Waals surface area contributed by atoms with Gasteiger partial charge in [-0.3, -0.25) is 14.6 Å². The highest BCUT2D eigenvalue weighted by Crippen LogP contribution is 2.49. The van der Waals surface area contributed by atoms with E-state index in [-0.39, 0.29) is 0 Å². The Kier molecular flexibility index (Phi) is 7.22. The quantitative estimate of drug-likeness (QED) is 0.435. The van der Waals surface area contributed by atoms with Crippen LogP contribution in [0.5, 0.6) is 0 Å². The van der Waals surface area contributed by atoms with Crippen LogP contribution < -0.4 is 5.32 Å². The van der Waals surface area contributed by atoms with Crippen molar-refractivity contribution in [3.8, 4) is 0 Å². The van der Waals surface area contributed by atoms with Crippen LogP contribution in [0.25, 0.3) is 0 Å². The third kappa shape index (κ3) is 4.66. The molecule has 4 rings (SSSR count). The first-order chi connectivity index (χ1) is 16.9. The van der Waals surface area contributed by atoms with Gasteiger partial charge in [-0.15, -0.1) is 0 Å². The van der Waals surface area contributed by atoms with Crippen LogP contribution in [-0.4, -0.2) is 39.5 Å². The number of carboxylic acid groups (broad SMARTS) is 1. The van der Waals surface area contributed by atoms with Gasteiger partial charge in [0.1, 0.15) is 0 Å². The number of amides is 1. The maximum atomic E-state index is 14.0. The van der Waals surface area contributed by atoms with E-state index in [4.69, 9.17) is 11.6 Å². The van der Waals surface area contributed by atoms with Gasteiger partial charge in [-0.1, -0.05) is 60.1 Å². The molecular formula is C28H28ClN3O3. The van der Waals surface area contributed by atoms with Gasteiger partial charge in [0.05, 0.1) is 6.04 Å². The molecule has 1 amide bonds. The van der Waals surface area contributed by atoms with Crippen molar-refractivity contribution >= 4 is 29.2 Å². The second kappa shape index (κ2) is 10.3. The average molecular weight is 490 g/mol. The molecule has 6 nitrogen and oxygen atoms in total. The fourth-order valence-electron chi connectivity index (χ4n) is 4.99. The Morgan fingerprint density at radius 2 is 1.74 bits per heavy atom. The van der Waals surface area contributed by atoms with Crippen molar-refractivity contribution in [1.82, 2.24) is 9.88 Å². The number of carbonyl (C=O) groups excluding carboxylic acids is 1. The van der Waals surface area contributed by atoms with Gasteiger partial charge < -0.3 is 15.3 Å². The lowest BCUT2D eigenvalue weighted by Crippen LogP contribution is -2.61. The van der Waals surface area contributed by atoms with Gasteiger partial charge in [-0.2, -0.15) is 0 Å². The van der Waals surface area contributed by atoms with Crippen molar-refractivity contribution in [2.75, 3.05) is 11.9 Å². The maximum Gasteiger partial charge on any atom is 0.322 e. The second-order valence-corrected chi connectivity index (χ2v) is 9.15. The van der Waals surface area contributed by atoms with Crippen molar-refractivity contribution in [2.24, 2.45) is 5.41 Å². The smallest absolute Gasteiger partial charge is 0.322 e. The molecule has 180 valence electrons. The van der Waals surface area contributed by atoms with E-state index in [9.17, 15) is 14.7 Å². The molecule has 0 saturated heterocycles. The number of hydrogen-bond acceptors (Lipinski definition) is 4. The summed E-state index contributed by atoms with van der Waals surface area (Å²) in [5.74, 6) is -2.55. The predicted octanol–water partition coefficient (Wildman–Crippen LogP) is 5.38. The lowest BCUT2D eigenvalue weighted by molar-refractivity contribution is -0.160. The number of aliphatic carboxylic acids is 1. The molecule has 35 heavy (non-hydrogen) atoms. The van der Waals surface area contributed by atoms with Gasteiger partial charge in [-0.25, -0.2) is 0 Å². The number of pyridine rings is 1. The molecule has 0 saturated carbocycles. The molecule has 3 aromatic rings. The highest BCUT2D eigenvalue weighted by Gasteiger charge is 2.60. The van der Waals surface area contributed by atoms with E-state index in [0.29, 0.717) is 29.2 Å². The standard InChI is InChI=1S/C28H28ClN3O3/c1-19-18-24(23-13-6-7-14-25(23)29)28(27(34)35,26(33)31-22-11-4-3-5-12-22)20(2)32(19)17-15-21-10-8-9-16-30-21/h3-14,16,18,20,24H,15,17H2,1-2H3,(H,31,33)(H,34,35). The zero-order valence-corrected chi connectivity index (χ0v) is 20.4. The fourth-order valence-corrected chi connectivity index (χ4v) is 5.24. The molecule has 3 atom stereocenters. The van der Waals surface area contributed by atoms with Crippen molar-refractivity contribution in [3.63, 3.8) is 0 Å². The molecule has 2 heterocycles. The van der Waals surface area contributed by atoms with Crippen molar-refractivity contribution in [1.29, 1.82) is 0 Å². The van der Waals surface area contributed by atoms with Gasteiger partial charge in [0, 0.05) is 47.2 Å². The molecule has 3 unspecified atom stereocenters. The highest BCUT2D eigenvalue weighted by atomic mass is 35.5. The fraction of sp³-hybridized carbons (Fsp3) is 0.250. The number of anilines is 1. The van der Waals surface area contributed by atoms with Crippen LogP contribution in [0.3, 0.4) is 0 Å². The molecule has 1 aliphatic rings. The summed E-state index contributed by atoms with van der Waals surface area (Å²) in [5, 5.41) is 14.0. The molecule has 0 aliphatic carbocycles. The number of carbonyl (C=O) groups is 2. The summed E-state index contributed by atoms with van der Waals surface area (Å²) in [6.45, 7) is 4.26. The summed E-state index contributed by atoms with van der Waals surface area (Å²) in [7, 11) is 0. The zero-order valence-electron chi connectivity index (χ0n) is 19.7. The first kappa shape index (κ1) is 24.5. The number of para-hydroxylation sites is 1. The lowest BCUT2D eigenvalue weighted by Gasteiger charge is -2.49. The number of rotatable bonds is 7. The Labute approximate surface area is 210 Å². The van der Waals surface area contributed by atoms with E-state index in [1.165, 1.54) is 0 Å². The molecule has 7 heteroatoms. The summed E-state index contributed by atoms with van der Waals surface area (Å²) in [6.07, 6.45) is 4.21. The van der Waals surface area contributed by atoms with Gasteiger partial charge >= 0.3 is 5.97 Å². The molecule has 0 bridgehead atoms. The number of allylic oxidation sites excluding steroid dienone is 2. The normalized spacial score (nSPS) is 21.8. The summed E-state index contributed by atoms with van der Waals surface area (Å²) < 4.78 is 0. The van der Waals surface area contributed by atoms with E-state index in [2.05, 4.69) is 10.3 Å². The lowest BCUT2D eigenvalue weighted by atomic mass is 9.64. The molecule has 0 spiro atoms. The molecular weight excluding hydrogens is 462 g/mol. The maximum absolute atomic E-state index is 14.0. The minimum absolute atomic E-state index is 0.425. The highest BCUT2D eigenvalue weighted by molar-refractivity contribution is 6.31. The number of halogens is 1. The van der Waals surface area contributed by atoms with Crippen LogP contribution in [0, 0.1) is 5.41 Å². The molecule has 0 radical (unpaired) electrons. The molecule has 0 fully saturated rings. The van der Waals surface area contributed by atoms with Crippen LogP contribution in [0.2, 0.25) is 5.02 Å². The SMILES string of the molecule is CC1=CC(c2ccccc2Cl)C(C(=O)O)(C(=O)Nc2ccccc2)C(C)N1CCc1ccccn1. The number of aromatic nitrogens is 1. The summed E-state index contributed by atoms with van der Waals surface area (Å²) in [6, 6.07) is 21.1.